The Kier molecular flexibility index (Phi) is 3.04. The molecule has 4 nitrogen and oxygen atoms in total. The van der Waals surface area contributed by atoms with Crippen molar-refractivity contribution in [1.29, 1.82) is 0 Å². The fraction of sp³-hybridized carbons (Fsp3) is 0.500. The maximum Gasteiger partial charge on any atom is 0.346 e. The van der Waals surface area contributed by atoms with E-state index in [0.717, 1.165) is 19.3 Å². The highest BCUT2D eigenvalue weighted by atomic mass is 16.2. The van der Waals surface area contributed by atoms with Crippen LogP contribution in [-0.2, 0) is 5.54 Å². The Hall–Kier alpha value is -1.84. The van der Waals surface area contributed by atoms with Crippen LogP contribution in [0.5, 0.6) is 0 Å². The van der Waals surface area contributed by atoms with E-state index in [9.17, 15) is 4.79 Å². The van der Waals surface area contributed by atoms with Crippen molar-refractivity contribution in [2.75, 3.05) is 6.54 Å². The van der Waals surface area contributed by atoms with Crippen molar-refractivity contribution in [3.63, 3.8) is 0 Å². The minimum Gasteiger partial charge on any atom is -0.385 e. The average molecular weight is 271 g/mol. The van der Waals surface area contributed by atoms with Crippen molar-refractivity contribution in [1.82, 2.24) is 4.90 Å². The van der Waals surface area contributed by atoms with E-state index in [1.807, 2.05) is 11.0 Å². The van der Waals surface area contributed by atoms with Gasteiger partial charge in [-0.2, -0.15) is 4.99 Å². The highest BCUT2D eigenvalue weighted by Gasteiger charge is 2.52. The van der Waals surface area contributed by atoms with Crippen LogP contribution >= 0.6 is 0 Å². The summed E-state index contributed by atoms with van der Waals surface area (Å²) in [6.45, 7) is 5.01. The molecule has 0 saturated carbocycles. The standard InChI is InChI=1S/C16H21N3O/c1-3-10-19-15(20)18-14(17)16(19)9-8-11(2)12-6-4-5-7-13(12)16/h4-7,11H,3,8-10H2,1-2H3,(H2,17,18,20). The molecule has 3 rings (SSSR count). The number of carbonyl (C=O) groups is 1. The Morgan fingerprint density at radius 1 is 1.45 bits per heavy atom. The van der Waals surface area contributed by atoms with Gasteiger partial charge in [0.1, 0.15) is 11.4 Å². The summed E-state index contributed by atoms with van der Waals surface area (Å²) in [5, 5.41) is 0. The summed E-state index contributed by atoms with van der Waals surface area (Å²) in [6.07, 6.45) is 2.81. The molecule has 0 fully saturated rings. The molecule has 106 valence electrons. The number of amidine groups is 1. The third-order valence-electron chi connectivity index (χ3n) is 4.66. The van der Waals surface area contributed by atoms with Gasteiger partial charge < -0.3 is 10.6 Å². The van der Waals surface area contributed by atoms with Gasteiger partial charge in [-0.3, -0.25) is 0 Å². The highest BCUT2D eigenvalue weighted by molar-refractivity contribution is 6.06. The molecule has 1 aliphatic carbocycles. The number of amides is 2. The molecule has 0 bridgehead atoms. The Labute approximate surface area is 119 Å². The van der Waals surface area contributed by atoms with E-state index in [4.69, 9.17) is 5.73 Å². The summed E-state index contributed by atoms with van der Waals surface area (Å²) in [6, 6.07) is 8.16. The van der Waals surface area contributed by atoms with Gasteiger partial charge in [0, 0.05) is 6.54 Å². The van der Waals surface area contributed by atoms with Gasteiger partial charge in [0.15, 0.2) is 0 Å². The van der Waals surface area contributed by atoms with Gasteiger partial charge in [0.25, 0.3) is 0 Å². The number of hydrogen-bond donors (Lipinski definition) is 1. The molecule has 1 spiro atoms. The summed E-state index contributed by atoms with van der Waals surface area (Å²) >= 11 is 0. The first-order chi connectivity index (χ1) is 9.61. The Bertz CT molecular complexity index is 581. The second-order valence-electron chi connectivity index (χ2n) is 5.82. The third-order valence-corrected chi connectivity index (χ3v) is 4.66. The molecule has 1 aromatic rings. The first-order valence-electron chi connectivity index (χ1n) is 7.37. The van der Waals surface area contributed by atoms with E-state index in [-0.39, 0.29) is 6.03 Å². The number of rotatable bonds is 2. The molecule has 0 aromatic heterocycles. The lowest BCUT2D eigenvalue weighted by Crippen LogP contribution is -2.53. The van der Waals surface area contributed by atoms with Gasteiger partial charge in [-0.05, 0) is 36.3 Å². The van der Waals surface area contributed by atoms with Crippen molar-refractivity contribution in [2.45, 2.75) is 44.6 Å². The summed E-state index contributed by atoms with van der Waals surface area (Å²) in [5.41, 5.74) is 8.16. The Morgan fingerprint density at radius 2 is 2.20 bits per heavy atom. The van der Waals surface area contributed by atoms with Crippen LogP contribution in [-0.4, -0.2) is 23.3 Å². The van der Waals surface area contributed by atoms with Crippen LogP contribution < -0.4 is 5.73 Å². The zero-order valence-electron chi connectivity index (χ0n) is 12.1. The molecule has 2 N–H and O–H groups in total. The van der Waals surface area contributed by atoms with Gasteiger partial charge in [-0.25, -0.2) is 4.79 Å². The van der Waals surface area contributed by atoms with Crippen LogP contribution in [0, 0.1) is 0 Å². The number of fused-ring (bicyclic) bond motifs is 2. The smallest absolute Gasteiger partial charge is 0.346 e. The van der Waals surface area contributed by atoms with Gasteiger partial charge in [0.2, 0.25) is 0 Å². The molecule has 1 aromatic carbocycles. The predicted octanol–water partition coefficient (Wildman–Crippen LogP) is 2.98. The molecular weight excluding hydrogens is 250 g/mol. The first kappa shape index (κ1) is 13.2. The quantitative estimate of drug-likeness (QED) is 0.899. The zero-order chi connectivity index (χ0) is 14.3. The lowest BCUT2D eigenvalue weighted by atomic mass is 9.71. The summed E-state index contributed by atoms with van der Waals surface area (Å²) in [5.74, 6) is 0.971. The molecule has 0 saturated heterocycles. The summed E-state index contributed by atoms with van der Waals surface area (Å²) in [4.78, 5) is 18.1. The van der Waals surface area contributed by atoms with E-state index >= 15 is 0 Å². The van der Waals surface area contributed by atoms with Crippen molar-refractivity contribution < 1.29 is 4.79 Å². The van der Waals surface area contributed by atoms with E-state index in [1.165, 1.54) is 11.1 Å². The third kappa shape index (κ3) is 1.60. The van der Waals surface area contributed by atoms with Crippen LogP contribution in [0.15, 0.2) is 29.3 Å². The van der Waals surface area contributed by atoms with Crippen molar-refractivity contribution >= 4 is 11.9 Å². The van der Waals surface area contributed by atoms with Crippen LogP contribution in [0.25, 0.3) is 0 Å². The minimum absolute atomic E-state index is 0.186. The molecule has 2 unspecified atom stereocenters. The topological polar surface area (TPSA) is 58.7 Å². The lowest BCUT2D eigenvalue weighted by Gasteiger charge is -2.44. The van der Waals surface area contributed by atoms with Crippen LogP contribution in [0.3, 0.4) is 0 Å². The normalized spacial score (nSPS) is 28.7. The van der Waals surface area contributed by atoms with E-state index in [2.05, 4.69) is 37.0 Å². The second kappa shape index (κ2) is 4.62. The number of urea groups is 1. The molecule has 1 heterocycles. The molecule has 2 amide bonds. The average Bonchev–Trinajstić information content (AvgIpc) is 2.68. The maximum absolute atomic E-state index is 12.2. The fourth-order valence-electron chi connectivity index (χ4n) is 3.63. The maximum atomic E-state index is 12.2. The molecule has 4 heteroatoms. The zero-order valence-corrected chi connectivity index (χ0v) is 12.1. The molecule has 0 radical (unpaired) electrons. The monoisotopic (exact) mass is 271 g/mol. The molecule has 1 aliphatic heterocycles. The number of carbonyl (C=O) groups excluding carboxylic acids is 1. The number of hydrogen-bond acceptors (Lipinski definition) is 2. The van der Waals surface area contributed by atoms with E-state index in [1.54, 1.807) is 0 Å². The largest absolute Gasteiger partial charge is 0.385 e. The van der Waals surface area contributed by atoms with Crippen LogP contribution in [0.4, 0.5) is 4.79 Å². The van der Waals surface area contributed by atoms with Crippen molar-refractivity contribution in [3.05, 3.63) is 35.4 Å². The summed E-state index contributed by atoms with van der Waals surface area (Å²) in [7, 11) is 0. The summed E-state index contributed by atoms with van der Waals surface area (Å²) < 4.78 is 0. The first-order valence-corrected chi connectivity index (χ1v) is 7.37. The SMILES string of the molecule is CCCN1C(=O)N=C(N)C12CCC(C)c1ccccc12. The fourth-order valence-corrected chi connectivity index (χ4v) is 3.63. The number of aliphatic imine (C=N–C) groups is 1. The Morgan fingerprint density at radius 3 is 2.95 bits per heavy atom. The van der Waals surface area contributed by atoms with Gasteiger partial charge in [0.05, 0.1) is 0 Å². The Balaban J connectivity index is 2.19. The van der Waals surface area contributed by atoms with Crippen LogP contribution in [0.2, 0.25) is 0 Å². The van der Waals surface area contributed by atoms with E-state index in [0.29, 0.717) is 18.3 Å². The van der Waals surface area contributed by atoms with Crippen molar-refractivity contribution in [3.8, 4) is 0 Å². The highest BCUT2D eigenvalue weighted by Crippen LogP contribution is 2.47. The second-order valence-corrected chi connectivity index (χ2v) is 5.82. The van der Waals surface area contributed by atoms with E-state index < -0.39 is 5.54 Å². The number of nitrogens with zero attached hydrogens (tertiary/aromatic N) is 2. The lowest BCUT2D eigenvalue weighted by molar-refractivity contribution is 0.156. The van der Waals surface area contributed by atoms with Gasteiger partial charge in [-0.1, -0.05) is 38.1 Å². The number of nitrogens with two attached hydrogens (primary N) is 1. The minimum atomic E-state index is -0.504. The van der Waals surface area contributed by atoms with Gasteiger partial charge in [-0.15, -0.1) is 0 Å². The predicted molar refractivity (Wildman–Crippen MR) is 79.8 cm³/mol. The van der Waals surface area contributed by atoms with Crippen molar-refractivity contribution in [2.24, 2.45) is 10.7 Å². The van der Waals surface area contributed by atoms with Gasteiger partial charge >= 0.3 is 6.03 Å². The van der Waals surface area contributed by atoms with Crippen LogP contribution in [0.1, 0.15) is 50.2 Å². The molecular formula is C16H21N3O. The molecule has 20 heavy (non-hydrogen) atoms. The molecule has 2 atom stereocenters. The molecule has 2 aliphatic rings. The number of benzene rings is 1.